The standard InChI is InChI=1S/C12H19NO4S/c1-8-4-10(8)6-13(3)18(15,16)12-5-11(7-14)17-9(12)2/h5,8,10,14H,4,6-7H2,1-3H3. The Hall–Kier alpha value is -0.850. The molecule has 0 radical (unpaired) electrons. The van der Waals surface area contributed by atoms with Crippen LogP contribution in [0.2, 0.25) is 0 Å². The molecule has 1 heterocycles. The summed E-state index contributed by atoms with van der Waals surface area (Å²) in [5.74, 6) is 1.68. The topological polar surface area (TPSA) is 70.8 Å². The fourth-order valence-electron chi connectivity index (χ4n) is 2.11. The molecule has 1 aliphatic carbocycles. The van der Waals surface area contributed by atoms with Crippen LogP contribution in [0, 0.1) is 18.8 Å². The first-order valence-corrected chi connectivity index (χ1v) is 7.46. The minimum Gasteiger partial charge on any atom is -0.462 e. The molecule has 6 heteroatoms. The van der Waals surface area contributed by atoms with Gasteiger partial charge in [0.2, 0.25) is 10.0 Å². The van der Waals surface area contributed by atoms with E-state index in [1.54, 1.807) is 14.0 Å². The third-order valence-electron chi connectivity index (χ3n) is 3.54. The second-order valence-electron chi connectivity index (χ2n) is 5.05. The van der Waals surface area contributed by atoms with Crippen LogP contribution in [0.1, 0.15) is 24.9 Å². The fraction of sp³-hybridized carbons (Fsp3) is 0.667. The zero-order valence-corrected chi connectivity index (χ0v) is 11.7. The average molecular weight is 273 g/mol. The molecule has 2 unspecified atom stereocenters. The Morgan fingerprint density at radius 1 is 1.56 bits per heavy atom. The summed E-state index contributed by atoms with van der Waals surface area (Å²) in [5.41, 5.74) is 0. The summed E-state index contributed by atoms with van der Waals surface area (Å²) in [6, 6.07) is 1.40. The van der Waals surface area contributed by atoms with Crippen LogP contribution in [-0.2, 0) is 16.6 Å². The van der Waals surface area contributed by atoms with Crippen molar-refractivity contribution in [3.05, 3.63) is 17.6 Å². The average Bonchev–Trinajstić information content (AvgIpc) is 2.85. The summed E-state index contributed by atoms with van der Waals surface area (Å²) in [4.78, 5) is 0.155. The highest BCUT2D eigenvalue weighted by Crippen LogP contribution is 2.39. The Balaban J connectivity index is 2.20. The van der Waals surface area contributed by atoms with Crippen LogP contribution in [0.5, 0.6) is 0 Å². The van der Waals surface area contributed by atoms with Crippen molar-refractivity contribution in [3.8, 4) is 0 Å². The number of aryl methyl sites for hydroxylation is 1. The van der Waals surface area contributed by atoms with E-state index in [1.807, 2.05) is 0 Å². The number of aliphatic hydroxyl groups is 1. The van der Waals surface area contributed by atoms with Crippen LogP contribution in [0.4, 0.5) is 0 Å². The lowest BCUT2D eigenvalue weighted by atomic mass is 10.3. The number of sulfonamides is 1. The normalized spacial score (nSPS) is 23.6. The maximum atomic E-state index is 12.3. The Bertz CT molecular complexity index is 534. The summed E-state index contributed by atoms with van der Waals surface area (Å²) >= 11 is 0. The summed E-state index contributed by atoms with van der Waals surface area (Å²) in [5, 5.41) is 8.97. The molecule has 1 N–H and O–H groups in total. The van der Waals surface area contributed by atoms with Gasteiger partial charge in [-0.05, 0) is 25.2 Å². The summed E-state index contributed by atoms with van der Waals surface area (Å²) < 4.78 is 31.2. The molecule has 1 saturated carbocycles. The predicted molar refractivity (Wildman–Crippen MR) is 66.5 cm³/mol. The van der Waals surface area contributed by atoms with Gasteiger partial charge in [0.05, 0.1) is 0 Å². The van der Waals surface area contributed by atoms with Gasteiger partial charge in [-0.3, -0.25) is 0 Å². The first kappa shape index (κ1) is 13.6. The van der Waals surface area contributed by atoms with Gasteiger partial charge in [-0.15, -0.1) is 0 Å². The van der Waals surface area contributed by atoms with Crippen molar-refractivity contribution in [3.63, 3.8) is 0 Å². The first-order chi connectivity index (χ1) is 8.36. The first-order valence-electron chi connectivity index (χ1n) is 6.02. The molecule has 0 saturated heterocycles. The number of nitrogens with zero attached hydrogens (tertiary/aromatic N) is 1. The molecule has 0 amide bonds. The number of rotatable bonds is 5. The lowest BCUT2D eigenvalue weighted by Crippen LogP contribution is -2.29. The SMILES string of the molecule is Cc1oc(CO)cc1S(=O)(=O)N(C)CC1CC1C. The molecule has 1 aromatic heterocycles. The van der Waals surface area contributed by atoms with E-state index in [1.165, 1.54) is 10.4 Å². The molecule has 0 bridgehead atoms. The van der Waals surface area contributed by atoms with Gasteiger partial charge in [0.25, 0.3) is 0 Å². The number of hydrogen-bond acceptors (Lipinski definition) is 4. The van der Waals surface area contributed by atoms with E-state index in [0.29, 0.717) is 24.1 Å². The van der Waals surface area contributed by atoms with Gasteiger partial charge < -0.3 is 9.52 Å². The molecular weight excluding hydrogens is 254 g/mol. The minimum absolute atomic E-state index is 0.155. The molecular formula is C12H19NO4S. The largest absolute Gasteiger partial charge is 0.462 e. The van der Waals surface area contributed by atoms with Crippen LogP contribution in [0.25, 0.3) is 0 Å². The van der Waals surface area contributed by atoms with Crippen molar-refractivity contribution >= 4 is 10.0 Å². The predicted octanol–water partition coefficient (Wildman–Crippen LogP) is 1.36. The zero-order chi connectivity index (χ0) is 13.5. The second-order valence-corrected chi connectivity index (χ2v) is 7.06. The Kier molecular flexibility index (Phi) is 3.53. The van der Waals surface area contributed by atoms with Crippen LogP contribution in [0.3, 0.4) is 0 Å². The highest BCUT2D eigenvalue weighted by Gasteiger charge is 2.37. The van der Waals surface area contributed by atoms with Gasteiger partial charge in [-0.1, -0.05) is 6.92 Å². The molecule has 1 fully saturated rings. The van der Waals surface area contributed by atoms with Crippen LogP contribution in [-0.4, -0.2) is 31.4 Å². The van der Waals surface area contributed by atoms with Crippen molar-refractivity contribution in [2.24, 2.45) is 11.8 Å². The van der Waals surface area contributed by atoms with Crippen molar-refractivity contribution in [2.45, 2.75) is 31.8 Å². The van der Waals surface area contributed by atoms with E-state index in [9.17, 15) is 8.42 Å². The van der Waals surface area contributed by atoms with Gasteiger partial charge in [0.15, 0.2) is 0 Å². The molecule has 102 valence electrons. The number of aliphatic hydroxyl groups excluding tert-OH is 1. The van der Waals surface area contributed by atoms with Crippen molar-refractivity contribution in [1.82, 2.24) is 4.31 Å². The van der Waals surface area contributed by atoms with Crippen molar-refractivity contribution < 1.29 is 17.9 Å². The fourth-order valence-corrected chi connectivity index (χ4v) is 3.52. The van der Waals surface area contributed by atoms with E-state index in [-0.39, 0.29) is 17.3 Å². The highest BCUT2D eigenvalue weighted by atomic mass is 32.2. The van der Waals surface area contributed by atoms with Crippen LogP contribution >= 0.6 is 0 Å². The van der Waals surface area contributed by atoms with Gasteiger partial charge in [0.1, 0.15) is 23.0 Å². The lowest BCUT2D eigenvalue weighted by Gasteiger charge is -2.16. The molecule has 1 aliphatic rings. The maximum Gasteiger partial charge on any atom is 0.246 e. The van der Waals surface area contributed by atoms with Gasteiger partial charge in [0, 0.05) is 19.7 Å². The molecule has 5 nitrogen and oxygen atoms in total. The molecule has 2 rings (SSSR count). The molecule has 18 heavy (non-hydrogen) atoms. The molecule has 2 atom stereocenters. The third-order valence-corrected chi connectivity index (χ3v) is 5.47. The van der Waals surface area contributed by atoms with Gasteiger partial charge in [-0.25, -0.2) is 12.7 Å². The summed E-state index contributed by atoms with van der Waals surface area (Å²) in [6.07, 6.45) is 1.09. The molecule has 1 aromatic rings. The molecule has 0 aromatic carbocycles. The van der Waals surface area contributed by atoms with E-state index >= 15 is 0 Å². The van der Waals surface area contributed by atoms with E-state index in [4.69, 9.17) is 9.52 Å². The summed E-state index contributed by atoms with van der Waals surface area (Å²) in [7, 11) is -1.92. The van der Waals surface area contributed by atoms with Gasteiger partial charge >= 0.3 is 0 Å². The summed E-state index contributed by atoms with van der Waals surface area (Å²) in [6.45, 7) is 3.97. The van der Waals surface area contributed by atoms with Crippen molar-refractivity contribution in [1.29, 1.82) is 0 Å². The Morgan fingerprint density at radius 3 is 2.61 bits per heavy atom. The highest BCUT2D eigenvalue weighted by molar-refractivity contribution is 7.89. The van der Waals surface area contributed by atoms with Crippen LogP contribution < -0.4 is 0 Å². The quantitative estimate of drug-likeness (QED) is 0.879. The Morgan fingerprint density at radius 2 is 2.17 bits per heavy atom. The van der Waals surface area contributed by atoms with E-state index in [0.717, 1.165) is 6.42 Å². The third kappa shape index (κ3) is 2.46. The number of hydrogen-bond donors (Lipinski definition) is 1. The number of furan rings is 1. The smallest absolute Gasteiger partial charge is 0.246 e. The van der Waals surface area contributed by atoms with E-state index in [2.05, 4.69) is 6.92 Å². The molecule has 0 spiro atoms. The monoisotopic (exact) mass is 273 g/mol. The lowest BCUT2D eigenvalue weighted by molar-refractivity contribution is 0.244. The van der Waals surface area contributed by atoms with Crippen LogP contribution in [0.15, 0.2) is 15.4 Å². The molecule has 0 aliphatic heterocycles. The second kappa shape index (κ2) is 4.68. The van der Waals surface area contributed by atoms with Crippen molar-refractivity contribution in [2.75, 3.05) is 13.6 Å². The van der Waals surface area contributed by atoms with Gasteiger partial charge in [-0.2, -0.15) is 0 Å². The zero-order valence-electron chi connectivity index (χ0n) is 10.9. The minimum atomic E-state index is -3.51. The van der Waals surface area contributed by atoms with E-state index < -0.39 is 10.0 Å². The Labute approximate surface area is 107 Å². The maximum absolute atomic E-state index is 12.3.